The van der Waals surface area contributed by atoms with Crippen molar-refractivity contribution >= 4 is 11.7 Å². The lowest BCUT2D eigenvalue weighted by Crippen LogP contribution is -1.95. The van der Waals surface area contributed by atoms with Crippen LogP contribution in [0.5, 0.6) is 11.5 Å². The van der Waals surface area contributed by atoms with Gasteiger partial charge in [0.25, 0.3) is 0 Å². The number of hydrogen-bond donors (Lipinski definition) is 2. The van der Waals surface area contributed by atoms with E-state index >= 15 is 0 Å². The number of hydrogen-bond acceptors (Lipinski definition) is 3. The Bertz CT molecular complexity index is 874. The number of carboxylic acid groups (broad SMARTS) is 1. The van der Waals surface area contributed by atoms with Crippen molar-refractivity contribution < 1.29 is 19.0 Å². The fraction of sp³-hybridized carbons (Fsp3) is 0. The summed E-state index contributed by atoms with van der Waals surface area (Å²) in [6.45, 7) is 0. The number of carbonyl (C=O) groups is 1. The van der Waals surface area contributed by atoms with Crippen LogP contribution in [0.25, 0.3) is 11.1 Å². The van der Waals surface area contributed by atoms with Gasteiger partial charge >= 0.3 is 5.97 Å². The highest BCUT2D eigenvalue weighted by atomic mass is 19.1. The van der Waals surface area contributed by atoms with Crippen molar-refractivity contribution in [1.82, 2.24) is 0 Å². The molecule has 3 rings (SSSR count). The summed E-state index contributed by atoms with van der Waals surface area (Å²) in [6.07, 6.45) is 0. The van der Waals surface area contributed by atoms with E-state index < -0.39 is 11.8 Å². The molecule has 4 nitrogen and oxygen atoms in total. The van der Waals surface area contributed by atoms with Crippen LogP contribution in [0.1, 0.15) is 10.4 Å². The minimum atomic E-state index is -1.02. The summed E-state index contributed by atoms with van der Waals surface area (Å²) in [4.78, 5) is 10.9. The van der Waals surface area contributed by atoms with Gasteiger partial charge in [-0.3, -0.25) is 0 Å². The fourth-order valence-corrected chi connectivity index (χ4v) is 2.26. The van der Waals surface area contributed by atoms with Crippen molar-refractivity contribution in [2.75, 3.05) is 5.73 Å². The van der Waals surface area contributed by atoms with E-state index in [1.807, 2.05) is 0 Å². The van der Waals surface area contributed by atoms with Gasteiger partial charge in [0.1, 0.15) is 17.3 Å². The van der Waals surface area contributed by atoms with Crippen LogP contribution in [0.2, 0.25) is 0 Å². The van der Waals surface area contributed by atoms with E-state index in [-0.39, 0.29) is 5.56 Å². The molecular formula is C19H14FNO3. The second kappa shape index (κ2) is 6.42. The second-order valence-corrected chi connectivity index (χ2v) is 5.20. The molecule has 0 aromatic heterocycles. The molecule has 3 N–H and O–H groups in total. The van der Waals surface area contributed by atoms with Crippen LogP contribution in [0, 0.1) is 5.82 Å². The molecule has 0 spiro atoms. The van der Waals surface area contributed by atoms with Crippen molar-refractivity contribution in [1.29, 1.82) is 0 Å². The minimum absolute atomic E-state index is 0.155. The maximum atomic E-state index is 14.3. The zero-order valence-electron chi connectivity index (χ0n) is 12.6. The van der Waals surface area contributed by atoms with Gasteiger partial charge in [0, 0.05) is 17.3 Å². The molecule has 3 aromatic rings. The lowest BCUT2D eigenvalue weighted by Gasteiger charge is -2.09. The summed E-state index contributed by atoms with van der Waals surface area (Å²) >= 11 is 0. The van der Waals surface area contributed by atoms with Gasteiger partial charge < -0.3 is 15.6 Å². The number of nitrogen functional groups attached to an aromatic ring is 1. The highest BCUT2D eigenvalue weighted by molar-refractivity contribution is 5.88. The van der Waals surface area contributed by atoms with Crippen LogP contribution in [-0.2, 0) is 0 Å². The summed E-state index contributed by atoms with van der Waals surface area (Å²) < 4.78 is 19.9. The average molecular weight is 323 g/mol. The number of nitrogens with two attached hydrogens (primary N) is 1. The summed E-state index contributed by atoms with van der Waals surface area (Å²) in [6, 6.07) is 17.4. The van der Waals surface area contributed by atoms with Crippen LogP contribution in [0.3, 0.4) is 0 Å². The Morgan fingerprint density at radius 2 is 1.54 bits per heavy atom. The van der Waals surface area contributed by atoms with Crippen LogP contribution in [0.15, 0.2) is 66.7 Å². The van der Waals surface area contributed by atoms with E-state index in [9.17, 15) is 9.18 Å². The van der Waals surface area contributed by atoms with Gasteiger partial charge in [-0.25, -0.2) is 9.18 Å². The molecule has 24 heavy (non-hydrogen) atoms. The molecule has 120 valence electrons. The number of rotatable bonds is 4. The van der Waals surface area contributed by atoms with Gasteiger partial charge in [0.05, 0.1) is 5.56 Å². The Kier molecular flexibility index (Phi) is 4.16. The number of carboxylic acids is 1. The molecular weight excluding hydrogens is 309 g/mol. The highest BCUT2D eigenvalue weighted by Gasteiger charge is 2.09. The molecule has 0 bridgehead atoms. The molecule has 5 heteroatoms. The van der Waals surface area contributed by atoms with Gasteiger partial charge in [0.2, 0.25) is 0 Å². The van der Waals surface area contributed by atoms with E-state index in [4.69, 9.17) is 15.6 Å². The van der Waals surface area contributed by atoms with Crippen LogP contribution in [0.4, 0.5) is 10.1 Å². The first-order chi connectivity index (χ1) is 11.5. The number of anilines is 1. The molecule has 0 fully saturated rings. The highest BCUT2D eigenvalue weighted by Crippen LogP contribution is 2.29. The van der Waals surface area contributed by atoms with E-state index in [0.29, 0.717) is 28.3 Å². The molecule has 0 atom stereocenters. The fourth-order valence-electron chi connectivity index (χ4n) is 2.26. The molecule has 0 heterocycles. The third-order valence-corrected chi connectivity index (χ3v) is 3.50. The molecule has 0 unspecified atom stereocenters. The summed E-state index contributed by atoms with van der Waals surface area (Å²) in [5.41, 5.74) is 7.35. The van der Waals surface area contributed by atoms with Crippen LogP contribution >= 0.6 is 0 Å². The lowest BCUT2D eigenvalue weighted by molar-refractivity contribution is 0.0697. The quantitative estimate of drug-likeness (QED) is 0.690. The minimum Gasteiger partial charge on any atom is -0.478 e. The third-order valence-electron chi connectivity index (χ3n) is 3.50. The summed E-state index contributed by atoms with van der Waals surface area (Å²) in [5.74, 6) is -0.550. The summed E-state index contributed by atoms with van der Waals surface area (Å²) in [5, 5.41) is 8.90. The molecule has 0 radical (unpaired) electrons. The first kappa shape index (κ1) is 15.6. The van der Waals surface area contributed by atoms with Crippen molar-refractivity contribution in [3.05, 3.63) is 78.1 Å². The molecule has 0 amide bonds. The Balaban J connectivity index is 1.84. The van der Waals surface area contributed by atoms with Crippen LogP contribution in [-0.4, -0.2) is 11.1 Å². The Hall–Kier alpha value is -3.34. The third kappa shape index (κ3) is 3.35. The largest absolute Gasteiger partial charge is 0.478 e. The Morgan fingerprint density at radius 1 is 0.917 bits per heavy atom. The van der Waals surface area contributed by atoms with Crippen LogP contribution < -0.4 is 10.5 Å². The smallest absolute Gasteiger partial charge is 0.335 e. The first-order valence-electron chi connectivity index (χ1n) is 7.19. The van der Waals surface area contributed by atoms with E-state index in [2.05, 4.69) is 0 Å². The topological polar surface area (TPSA) is 72.5 Å². The Labute approximate surface area is 137 Å². The zero-order chi connectivity index (χ0) is 17.1. The Morgan fingerprint density at radius 3 is 2.12 bits per heavy atom. The number of halogens is 1. The van der Waals surface area contributed by atoms with E-state index in [1.54, 1.807) is 48.5 Å². The summed E-state index contributed by atoms with van der Waals surface area (Å²) in [7, 11) is 0. The monoisotopic (exact) mass is 323 g/mol. The number of benzene rings is 3. The maximum Gasteiger partial charge on any atom is 0.335 e. The maximum absolute atomic E-state index is 14.3. The average Bonchev–Trinajstić information content (AvgIpc) is 2.57. The van der Waals surface area contributed by atoms with Crippen molar-refractivity contribution in [3.8, 4) is 22.6 Å². The van der Waals surface area contributed by atoms with E-state index in [1.165, 1.54) is 18.2 Å². The second-order valence-electron chi connectivity index (χ2n) is 5.20. The van der Waals surface area contributed by atoms with Gasteiger partial charge in [-0.1, -0.05) is 12.1 Å². The predicted octanol–water partition coefficient (Wildman–Crippen LogP) is 4.57. The normalized spacial score (nSPS) is 10.4. The predicted molar refractivity (Wildman–Crippen MR) is 89.7 cm³/mol. The van der Waals surface area contributed by atoms with Crippen molar-refractivity contribution in [3.63, 3.8) is 0 Å². The number of ether oxygens (including phenoxy) is 1. The van der Waals surface area contributed by atoms with Gasteiger partial charge in [0.15, 0.2) is 0 Å². The van der Waals surface area contributed by atoms with Gasteiger partial charge in [-0.2, -0.15) is 0 Å². The number of aromatic carboxylic acids is 1. The zero-order valence-corrected chi connectivity index (χ0v) is 12.6. The van der Waals surface area contributed by atoms with Crippen molar-refractivity contribution in [2.45, 2.75) is 0 Å². The van der Waals surface area contributed by atoms with Crippen molar-refractivity contribution in [2.24, 2.45) is 0 Å². The molecule has 0 saturated heterocycles. The van der Waals surface area contributed by atoms with E-state index in [0.717, 1.165) is 0 Å². The standard InChI is InChI=1S/C19H14FNO3/c20-18-11-16(24-15-7-5-14(21)6-8-15)9-10-17(18)12-1-3-13(4-2-12)19(22)23/h1-11H,21H2,(H,22,23). The molecule has 0 saturated carbocycles. The van der Waals surface area contributed by atoms with Gasteiger partial charge in [-0.05, 0) is 54.1 Å². The lowest BCUT2D eigenvalue weighted by atomic mass is 10.0. The first-order valence-corrected chi connectivity index (χ1v) is 7.19. The molecule has 3 aromatic carbocycles. The van der Waals surface area contributed by atoms with Gasteiger partial charge in [-0.15, -0.1) is 0 Å². The SMILES string of the molecule is Nc1ccc(Oc2ccc(-c3ccc(C(=O)O)cc3)c(F)c2)cc1. The molecule has 0 aliphatic rings. The molecule has 0 aliphatic carbocycles. The molecule has 0 aliphatic heterocycles.